The lowest BCUT2D eigenvalue weighted by molar-refractivity contribution is 0.312. The third-order valence-corrected chi connectivity index (χ3v) is 2.87. The molecule has 0 spiro atoms. The van der Waals surface area contributed by atoms with Crippen molar-refractivity contribution >= 4 is 15.9 Å². The average Bonchev–Trinajstić information content (AvgIpc) is 1.59. The van der Waals surface area contributed by atoms with Gasteiger partial charge in [0.05, 0.1) is 0 Å². The van der Waals surface area contributed by atoms with Crippen molar-refractivity contribution in [3.8, 4) is 0 Å². The van der Waals surface area contributed by atoms with Crippen LogP contribution in [-0.2, 0) is 0 Å². The fourth-order valence-corrected chi connectivity index (χ4v) is 3.13. The summed E-state index contributed by atoms with van der Waals surface area (Å²) in [5, 5.41) is 0. The summed E-state index contributed by atoms with van der Waals surface area (Å²) in [6.45, 7) is 4.70. The Balaban J connectivity index is 2.34. The molecule has 54 valence electrons. The fraction of sp³-hybridized carbons (Fsp3) is 1.00. The molecule has 1 unspecified atom stereocenters. The van der Waals surface area contributed by atoms with E-state index in [2.05, 4.69) is 29.8 Å². The van der Waals surface area contributed by atoms with E-state index in [1.165, 1.54) is 19.3 Å². The monoisotopic (exact) mass is 190 g/mol. The molecule has 0 radical (unpaired) electrons. The molecule has 0 aliphatic heterocycles. The normalized spacial score (nSPS) is 45.0. The highest BCUT2D eigenvalue weighted by atomic mass is 79.9. The molecule has 0 N–H and O–H groups in total. The van der Waals surface area contributed by atoms with Crippen molar-refractivity contribution in [2.45, 2.75) is 37.9 Å². The van der Waals surface area contributed by atoms with E-state index in [0.29, 0.717) is 0 Å². The van der Waals surface area contributed by atoms with Crippen molar-refractivity contribution in [2.75, 3.05) is 0 Å². The molecule has 1 fully saturated rings. The van der Waals surface area contributed by atoms with E-state index < -0.39 is 0 Å². The van der Waals surface area contributed by atoms with Gasteiger partial charge in [-0.1, -0.05) is 29.8 Å². The molecule has 3 atom stereocenters. The number of alkyl halides is 1. The molecular formula is C8H15Br. The van der Waals surface area contributed by atoms with Crippen LogP contribution < -0.4 is 0 Å². The highest BCUT2D eigenvalue weighted by Crippen LogP contribution is 2.32. The third kappa shape index (κ3) is 2.29. The van der Waals surface area contributed by atoms with Gasteiger partial charge < -0.3 is 0 Å². The molecule has 0 bridgehead atoms. The maximum absolute atomic E-state index is 3.67. The van der Waals surface area contributed by atoms with Crippen molar-refractivity contribution in [1.82, 2.24) is 0 Å². The molecule has 1 heteroatoms. The molecule has 0 nitrogen and oxygen atoms in total. The molecule has 0 aromatic rings. The van der Waals surface area contributed by atoms with E-state index in [1.54, 1.807) is 0 Å². The number of hydrogen-bond acceptors (Lipinski definition) is 0. The van der Waals surface area contributed by atoms with E-state index in [1.807, 2.05) is 0 Å². The van der Waals surface area contributed by atoms with Crippen molar-refractivity contribution in [1.29, 1.82) is 0 Å². The Morgan fingerprint density at radius 2 is 1.44 bits per heavy atom. The molecule has 1 saturated carbocycles. The molecule has 9 heavy (non-hydrogen) atoms. The van der Waals surface area contributed by atoms with Crippen molar-refractivity contribution in [3.63, 3.8) is 0 Å². The van der Waals surface area contributed by atoms with Crippen LogP contribution >= 0.6 is 15.9 Å². The van der Waals surface area contributed by atoms with E-state index in [-0.39, 0.29) is 0 Å². The summed E-state index contributed by atoms with van der Waals surface area (Å²) >= 11 is 3.67. The summed E-state index contributed by atoms with van der Waals surface area (Å²) in [6, 6.07) is 0. The summed E-state index contributed by atoms with van der Waals surface area (Å²) in [5.74, 6) is 1.89. The summed E-state index contributed by atoms with van der Waals surface area (Å²) < 4.78 is 0. The van der Waals surface area contributed by atoms with Crippen molar-refractivity contribution < 1.29 is 0 Å². The first kappa shape index (κ1) is 7.59. The van der Waals surface area contributed by atoms with Gasteiger partial charge in [0.15, 0.2) is 0 Å². The molecular weight excluding hydrogens is 176 g/mol. The maximum Gasteiger partial charge on any atom is 0.0150 e. The number of halogens is 1. The predicted molar refractivity (Wildman–Crippen MR) is 44.9 cm³/mol. The minimum absolute atomic E-state index is 0.802. The van der Waals surface area contributed by atoms with Gasteiger partial charge in [-0.15, -0.1) is 0 Å². The van der Waals surface area contributed by atoms with Crippen LogP contribution in [0, 0.1) is 11.8 Å². The van der Waals surface area contributed by atoms with Gasteiger partial charge in [-0.2, -0.15) is 0 Å². The van der Waals surface area contributed by atoms with Crippen LogP contribution in [0.15, 0.2) is 0 Å². The lowest BCUT2D eigenvalue weighted by Gasteiger charge is -2.27. The van der Waals surface area contributed by atoms with Crippen LogP contribution in [0.5, 0.6) is 0 Å². The van der Waals surface area contributed by atoms with Gasteiger partial charge in [-0.25, -0.2) is 0 Å². The molecule has 1 aliphatic rings. The van der Waals surface area contributed by atoms with Gasteiger partial charge in [0.25, 0.3) is 0 Å². The standard InChI is InChI=1S/C8H15Br/c1-6-3-7(2)5-8(9)4-6/h6-8H,3-5H2,1-2H3/t6-,7+,8?. The van der Waals surface area contributed by atoms with E-state index in [0.717, 1.165) is 16.7 Å². The Morgan fingerprint density at radius 3 is 1.78 bits per heavy atom. The average molecular weight is 191 g/mol. The second-order valence-corrected chi connectivity index (χ2v) is 4.81. The smallest absolute Gasteiger partial charge is 0.0150 e. The van der Waals surface area contributed by atoms with Gasteiger partial charge in [0, 0.05) is 4.83 Å². The first-order valence-electron chi connectivity index (χ1n) is 3.82. The van der Waals surface area contributed by atoms with Gasteiger partial charge >= 0.3 is 0 Å². The first-order valence-corrected chi connectivity index (χ1v) is 4.74. The zero-order chi connectivity index (χ0) is 6.85. The van der Waals surface area contributed by atoms with Crippen LogP contribution in [0.1, 0.15) is 33.1 Å². The maximum atomic E-state index is 3.67. The number of hydrogen-bond donors (Lipinski definition) is 0. The summed E-state index contributed by atoms with van der Waals surface area (Å²) in [5.41, 5.74) is 0. The van der Waals surface area contributed by atoms with Crippen LogP contribution in [0.25, 0.3) is 0 Å². The second kappa shape index (κ2) is 3.05. The Kier molecular flexibility index (Phi) is 2.57. The van der Waals surface area contributed by atoms with Gasteiger partial charge in [0.1, 0.15) is 0 Å². The largest absolute Gasteiger partial charge is 0.0890 e. The van der Waals surface area contributed by atoms with E-state index >= 15 is 0 Å². The van der Waals surface area contributed by atoms with Gasteiger partial charge in [-0.05, 0) is 31.1 Å². The zero-order valence-corrected chi connectivity index (χ0v) is 7.82. The van der Waals surface area contributed by atoms with Crippen molar-refractivity contribution in [3.05, 3.63) is 0 Å². The van der Waals surface area contributed by atoms with E-state index in [9.17, 15) is 0 Å². The fourth-order valence-electron chi connectivity index (χ4n) is 1.85. The van der Waals surface area contributed by atoms with E-state index in [4.69, 9.17) is 0 Å². The molecule has 1 rings (SSSR count). The topological polar surface area (TPSA) is 0 Å². The zero-order valence-electron chi connectivity index (χ0n) is 6.23. The highest BCUT2D eigenvalue weighted by molar-refractivity contribution is 9.09. The highest BCUT2D eigenvalue weighted by Gasteiger charge is 2.21. The van der Waals surface area contributed by atoms with Gasteiger partial charge in [-0.3, -0.25) is 0 Å². The number of rotatable bonds is 0. The summed E-state index contributed by atoms with van der Waals surface area (Å²) in [4.78, 5) is 0.802. The minimum Gasteiger partial charge on any atom is -0.0890 e. The Bertz CT molecular complexity index is 65.5. The molecule has 0 heterocycles. The second-order valence-electron chi connectivity index (χ2n) is 3.51. The van der Waals surface area contributed by atoms with Crippen LogP contribution in [0.3, 0.4) is 0 Å². The molecule has 0 aromatic carbocycles. The van der Waals surface area contributed by atoms with Crippen LogP contribution in [-0.4, -0.2) is 4.83 Å². The third-order valence-electron chi connectivity index (χ3n) is 2.12. The van der Waals surface area contributed by atoms with Crippen LogP contribution in [0.4, 0.5) is 0 Å². The quantitative estimate of drug-likeness (QED) is 0.516. The first-order chi connectivity index (χ1) is 4.18. The Hall–Kier alpha value is 0.480. The Morgan fingerprint density at radius 1 is 1.00 bits per heavy atom. The van der Waals surface area contributed by atoms with Gasteiger partial charge in [0.2, 0.25) is 0 Å². The minimum atomic E-state index is 0.802. The van der Waals surface area contributed by atoms with Crippen LogP contribution in [0.2, 0.25) is 0 Å². The lowest BCUT2D eigenvalue weighted by Crippen LogP contribution is -2.18. The molecule has 0 aromatic heterocycles. The predicted octanol–water partition coefficient (Wildman–Crippen LogP) is 3.21. The molecule has 1 aliphatic carbocycles. The Labute approximate surface area is 66.2 Å². The summed E-state index contributed by atoms with van der Waals surface area (Å²) in [7, 11) is 0. The molecule has 0 amide bonds. The SMILES string of the molecule is C[C@@H]1CC(Br)C[C@H](C)C1. The van der Waals surface area contributed by atoms with Crippen molar-refractivity contribution in [2.24, 2.45) is 11.8 Å². The lowest BCUT2D eigenvalue weighted by atomic mass is 9.84. The summed E-state index contributed by atoms with van der Waals surface area (Å²) in [6.07, 6.45) is 4.19. The molecule has 0 saturated heterocycles.